The van der Waals surface area contributed by atoms with Crippen LogP contribution < -0.4 is 4.90 Å². The van der Waals surface area contributed by atoms with Crippen LogP contribution in [0.15, 0.2) is 12.4 Å². The fraction of sp³-hybridized carbons (Fsp3) is 0.714. The van der Waals surface area contributed by atoms with Crippen molar-refractivity contribution in [3.63, 3.8) is 0 Å². The standard InChI is InChI=1S/C14H24N4/c1-14(2,3)10-12-9-13(16-11-15-12)18-7-5-17(4)6-8-18/h9,11H,5-8,10H2,1-4H3. The molecule has 2 rings (SSSR count). The lowest BCUT2D eigenvalue weighted by Crippen LogP contribution is -2.44. The molecule has 1 aromatic heterocycles. The van der Waals surface area contributed by atoms with E-state index in [-0.39, 0.29) is 5.41 Å². The van der Waals surface area contributed by atoms with Crippen molar-refractivity contribution < 1.29 is 0 Å². The van der Waals surface area contributed by atoms with Gasteiger partial charge in [-0.3, -0.25) is 0 Å². The molecule has 0 aliphatic carbocycles. The summed E-state index contributed by atoms with van der Waals surface area (Å²) >= 11 is 0. The second kappa shape index (κ2) is 5.22. The smallest absolute Gasteiger partial charge is 0.132 e. The minimum Gasteiger partial charge on any atom is -0.354 e. The molecular weight excluding hydrogens is 224 g/mol. The van der Waals surface area contributed by atoms with Crippen LogP contribution in [0.1, 0.15) is 26.5 Å². The third kappa shape index (κ3) is 3.67. The summed E-state index contributed by atoms with van der Waals surface area (Å²) in [5, 5.41) is 0. The minimum absolute atomic E-state index is 0.272. The molecule has 0 radical (unpaired) electrons. The Bertz CT molecular complexity index is 389. The molecule has 0 atom stereocenters. The molecule has 1 fully saturated rings. The summed E-state index contributed by atoms with van der Waals surface area (Å²) in [6.07, 6.45) is 2.70. The quantitative estimate of drug-likeness (QED) is 0.799. The van der Waals surface area contributed by atoms with Gasteiger partial charge in [0.25, 0.3) is 0 Å². The van der Waals surface area contributed by atoms with E-state index < -0.39 is 0 Å². The molecule has 1 saturated heterocycles. The van der Waals surface area contributed by atoms with Crippen LogP contribution in [0.3, 0.4) is 0 Å². The zero-order valence-corrected chi connectivity index (χ0v) is 12.0. The molecule has 0 amide bonds. The highest BCUT2D eigenvalue weighted by molar-refractivity contribution is 5.39. The molecule has 1 aliphatic heterocycles. The third-order valence-electron chi connectivity index (χ3n) is 3.25. The molecule has 100 valence electrons. The Labute approximate surface area is 110 Å². The zero-order chi connectivity index (χ0) is 13.2. The van der Waals surface area contributed by atoms with Gasteiger partial charge >= 0.3 is 0 Å². The predicted molar refractivity (Wildman–Crippen MR) is 74.9 cm³/mol. The van der Waals surface area contributed by atoms with Crippen LogP contribution in [0, 0.1) is 5.41 Å². The maximum atomic E-state index is 4.41. The van der Waals surface area contributed by atoms with Gasteiger partial charge in [0.15, 0.2) is 0 Å². The van der Waals surface area contributed by atoms with Gasteiger partial charge in [0, 0.05) is 37.9 Å². The van der Waals surface area contributed by atoms with E-state index in [1.165, 1.54) is 0 Å². The maximum Gasteiger partial charge on any atom is 0.132 e. The molecule has 1 aromatic rings. The first-order valence-electron chi connectivity index (χ1n) is 6.68. The molecule has 0 bridgehead atoms. The lowest BCUT2D eigenvalue weighted by Gasteiger charge is -2.33. The Kier molecular flexibility index (Phi) is 3.85. The van der Waals surface area contributed by atoms with Crippen molar-refractivity contribution in [2.45, 2.75) is 27.2 Å². The number of anilines is 1. The highest BCUT2D eigenvalue weighted by Gasteiger charge is 2.17. The van der Waals surface area contributed by atoms with Crippen LogP contribution in [0.5, 0.6) is 0 Å². The van der Waals surface area contributed by atoms with E-state index >= 15 is 0 Å². The summed E-state index contributed by atoms with van der Waals surface area (Å²) in [5.41, 5.74) is 1.42. The van der Waals surface area contributed by atoms with Gasteiger partial charge in [0.1, 0.15) is 12.1 Å². The van der Waals surface area contributed by atoms with E-state index in [4.69, 9.17) is 0 Å². The van der Waals surface area contributed by atoms with Crippen molar-refractivity contribution in [2.75, 3.05) is 38.1 Å². The van der Waals surface area contributed by atoms with Crippen LogP contribution in [0.4, 0.5) is 5.82 Å². The van der Waals surface area contributed by atoms with E-state index in [9.17, 15) is 0 Å². The number of rotatable bonds is 2. The molecule has 0 unspecified atom stereocenters. The van der Waals surface area contributed by atoms with E-state index in [0.717, 1.165) is 44.1 Å². The molecule has 0 spiro atoms. The first-order chi connectivity index (χ1) is 8.44. The summed E-state index contributed by atoms with van der Waals surface area (Å²) in [6.45, 7) is 11.1. The summed E-state index contributed by atoms with van der Waals surface area (Å²) in [5.74, 6) is 1.08. The van der Waals surface area contributed by atoms with Crippen LogP contribution >= 0.6 is 0 Å². The van der Waals surface area contributed by atoms with E-state index in [0.29, 0.717) is 0 Å². The zero-order valence-electron chi connectivity index (χ0n) is 12.0. The molecule has 18 heavy (non-hydrogen) atoms. The fourth-order valence-electron chi connectivity index (χ4n) is 2.23. The van der Waals surface area contributed by atoms with Crippen molar-refractivity contribution >= 4 is 5.82 Å². The Morgan fingerprint density at radius 2 is 1.78 bits per heavy atom. The largest absolute Gasteiger partial charge is 0.354 e. The second-order valence-electron chi connectivity index (χ2n) is 6.40. The van der Waals surface area contributed by atoms with Crippen molar-refractivity contribution in [1.82, 2.24) is 14.9 Å². The first kappa shape index (κ1) is 13.3. The van der Waals surface area contributed by atoms with Gasteiger partial charge in [-0.05, 0) is 18.9 Å². The van der Waals surface area contributed by atoms with Gasteiger partial charge in [0.2, 0.25) is 0 Å². The summed E-state index contributed by atoms with van der Waals surface area (Å²) in [6, 6.07) is 2.15. The molecule has 0 aromatic carbocycles. The third-order valence-corrected chi connectivity index (χ3v) is 3.25. The average Bonchev–Trinajstić information content (AvgIpc) is 2.28. The van der Waals surface area contributed by atoms with Crippen LogP contribution in [-0.2, 0) is 6.42 Å². The average molecular weight is 248 g/mol. The summed E-state index contributed by atoms with van der Waals surface area (Å²) in [4.78, 5) is 13.5. The number of aromatic nitrogens is 2. The van der Waals surface area contributed by atoms with Crippen molar-refractivity contribution in [3.05, 3.63) is 18.1 Å². The fourth-order valence-corrected chi connectivity index (χ4v) is 2.23. The van der Waals surface area contributed by atoms with Crippen LogP contribution in [-0.4, -0.2) is 48.1 Å². The minimum atomic E-state index is 0.272. The van der Waals surface area contributed by atoms with E-state index in [1.807, 2.05) is 0 Å². The van der Waals surface area contributed by atoms with Gasteiger partial charge in [0.05, 0.1) is 0 Å². The topological polar surface area (TPSA) is 32.3 Å². The monoisotopic (exact) mass is 248 g/mol. The molecule has 0 N–H and O–H groups in total. The molecular formula is C14H24N4. The van der Waals surface area contributed by atoms with Gasteiger partial charge in [-0.25, -0.2) is 9.97 Å². The number of piperazine rings is 1. The van der Waals surface area contributed by atoms with Gasteiger partial charge in [-0.1, -0.05) is 20.8 Å². The normalized spacial score (nSPS) is 18.1. The molecule has 4 heteroatoms. The Hall–Kier alpha value is -1.16. The number of nitrogens with zero attached hydrogens (tertiary/aromatic N) is 4. The first-order valence-corrected chi connectivity index (χ1v) is 6.68. The number of hydrogen-bond acceptors (Lipinski definition) is 4. The van der Waals surface area contributed by atoms with Gasteiger partial charge in [-0.15, -0.1) is 0 Å². The van der Waals surface area contributed by atoms with E-state index in [1.54, 1.807) is 6.33 Å². The lowest BCUT2D eigenvalue weighted by molar-refractivity contribution is 0.312. The Balaban J connectivity index is 2.07. The van der Waals surface area contributed by atoms with Crippen molar-refractivity contribution in [2.24, 2.45) is 5.41 Å². The van der Waals surface area contributed by atoms with Crippen LogP contribution in [0.25, 0.3) is 0 Å². The van der Waals surface area contributed by atoms with Crippen LogP contribution in [0.2, 0.25) is 0 Å². The molecule has 4 nitrogen and oxygen atoms in total. The number of hydrogen-bond donors (Lipinski definition) is 0. The SMILES string of the molecule is CN1CCN(c2cc(CC(C)(C)C)ncn2)CC1. The van der Waals surface area contributed by atoms with E-state index in [2.05, 4.69) is 53.7 Å². The Morgan fingerprint density at radius 1 is 1.11 bits per heavy atom. The molecule has 1 aliphatic rings. The highest BCUT2D eigenvalue weighted by atomic mass is 15.3. The Morgan fingerprint density at radius 3 is 2.39 bits per heavy atom. The van der Waals surface area contributed by atoms with Crippen molar-refractivity contribution in [3.8, 4) is 0 Å². The lowest BCUT2D eigenvalue weighted by atomic mass is 9.90. The van der Waals surface area contributed by atoms with Gasteiger partial charge in [-0.2, -0.15) is 0 Å². The second-order valence-corrected chi connectivity index (χ2v) is 6.40. The van der Waals surface area contributed by atoms with Gasteiger partial charge < -0.3 is 9.80 Å². The molecule has 2 heterocycles. The summed E-state index contributed by atoms with van der Waals surface area (Å²) in [7, 11) is 2.17. The molecule has 0 saturated carbocycles. The summed E-state index contributed by atoms with van der Waals surface area (Å²) < 4.78 is 0. The highest BCUT2D eigenvalue weighted by Crippen LogP contribution is 2.21. The number of likely N-dealkylation sites (N-methyl/N-ethyl adjacent to an activating group) is 1. The van der Waals surface area contributed by atoms with Crippen molar-refractivity contribution in [1.29, 1.82) is 0 Å². The predicted octanol–water partition coefficient (Wildman–Crippen LogP) is 1.82. The maximum absolute atomic E-state index is 4.41.